The number of carbonyl (C=O) groups is 2. The normalized spacial score (nSPS) is 10.1. The Morgan fingerprint density at radius 3 is 2.05 bits per heavy atom. The fourth-order valence-electron chi connectivity index (χ4n) is 1.75. The van der Waals surface area contributed by atoms with E-state index in [1.54, 1.807) is 24.3 Å². The Hall–Kier alpha value is -1.86. The van der Waals surface area contributed by atoms with Gasteiger partial charge in [-0.05, 0) is 36.4 Å². The van der Waals surface area contributed by atoms with Crippen LogP contribution in [0.4, 0.5) is 0 Å². The number of halogens is 2. The van der Waals surface area contributed by atoms with Crippen molar-refractivity contribution in [3.05, 3.63) is 56.5 Å². The summed E-state index contributed by atoms with van der Waals surface area (Å²) in [6.45, 7) is 0. The summed E-state index contributed by atoms with van der Waals surface area (Å²) < 4.78 is 11.6. The standard InChI is InChI=1S/C15H10Br2O5/c1-21-12-4-2-9(17)7-11(12)15(20)22-13-5-3-8(16)6-10(13)14(18)19/h2-7H,1H3,(H,18,19). The highest BCUT2D eigenvalue weighted by Crippen LogP contribution is 2.27. The summed E-state index contributed by atoms with van der Waals surface area (Å²) in [4.78, 5) is 23.5. The van der Waals surface area contributed by atoms with Gasteiger partial charge >= 0.3 is 11.9 Å². The van der Waals surface area contributed by atoms with Gasteiger partial charge in [-0.2, -0.15) is 0 Å². The van der Waals surface area contributed by atoms with Crippen molar-refractivity contribution in [2.45, 2.75) is 0 Å². The van der Waals surface area contributed by atoms with Crippen molar-refractivity contribution in [2.75, 3.05) is 7.11 Å². The largest absolute Gasteiger partial charge is 0.496 e. The molecule has 22 heavy (non-hydrogen) atoms. The highest BCUT2D eigenvalue weighted by atomic mass is 79.9. The van der Waals surface area contributed by atoms with Crippen LogP contribution in [0.1, 0.15) is 20.7 Å². The SMILES string of the molecule is COc1ccc(Br)cc1C(=O)Oc1ccc(Br)cc1C(=O)O. The minimum atomic E-state index is -1.19. The Balaban J connectivity index is 2.38. The van der Waals surface area contributed by atoms with Crippen molar-refractivity contribution >= 4 is 43.8 Å². The van der Waals surface area contributed by atoms with Crippen LogP contribution in [-0.4, -0.2) is 24.2 Å². The summed E-state index contributed by atoms with van der Waals surface area (Å²) in [5.41, 5.74) is 0.0767. The van der Waals surface area contributed by atoms with Gasteiger partial charge < -0.3 is 14.6 Å². The minimum absolute atomic E-state index is 0.0391. The van der Waals surface area contributed by atoms with Crippen LogP contribution in [0.15, 0.2) is 45.3 Å². The number of carbonyl (C=O) groups excluding carboxylic acids is 1. The Morgan fingerprint density at radius 1 is 0.955 bits per heavy atom. The Kier molecular flexibility index (Phi) is 5.20. The minimum Gasteiger partial charge on any atom is -0.496 e. The zero-order valence-corrected chi connectivity index (χ0v) is 14.5. The molecule has 0 radical (unpaired) electrons. The van der Waals surface area contributed by atoms with Gasteiger partial charge in [-0.3, -0.25) is 0 Å². The molecule has 0 aromatic heterocycles. The van der Waals surface area contributed by atoms with Gasteiger partial charge in [0.1, 0.15) is 22.6 Å². The van der Waals surface area contributed by atoms with Gasteiger partial charge in [0, 0.05) is 8.95 Å². The third-order valence-corrected chi connectivity index (χ3v) is 3.74. The zero-order valence-electron chi connectivity index (χ0n) is 11.3. The molecule has 114 valence electrons. The van der Waals surface area contributed by atoms with E-state index in [9.17, 15) is 14.7 Å². The average Bonchev–Trinajstić information content (AvgIpc) is 2.48. The average molecular weight is 430 g/mol. The number of aromatic carboxylic acids is 1. The predicted molar refractivity (Wildman–Crippen MR) is 86.8 cm³/mol. The molecule has 1 N–H and O–H groups in total. The van der Waals surface area contributed by atoms with E-state index in [1.807, 2.05) is 0 Å². The van der Waals surface area contributed by atoms with Crippen LogP contribution < -0.4 is 9.47 Å². The lowest BCUT2D eigenvalue weighted by molar-refractivity contribution is 0.0680. The van der Waals surface area contributed by atoms with Crippen LogP contribution in [0.25, 0.3) is 0 Å². The summed E-state index contributed by atoms with van der Waals surface area (Å²) >= 11 is 6.44. The number of ether oxygens (including phenoxy) is 2. The van der Waals surface area contributed by atoms with Crippen LogP contribution >= 0.6 is 31.9 Å². The third kappa shape index (κ3) is 3.66. The maximum Gasteiger partial charge on any atom is 0.347 e. The number of benzene rings is 2. The third-order valence-electron chi connectivity index (χ3n) is 2.76. The Bertz CT molecular complexity index is 743. The molecule has 0 heterocycles. The zero-order chi connectivity index (χ0) is 16.3. The fourth-order valence-corrected chi connectivity index (χ4v) is 2.48. The Labute approximate surface area is 143 Å². The molecule has 0 fully saturated rings. The van der Waals surface area contributed by atoms with E-state index in [0.717, 1.165) is 0 Å². The lowest BCUT2D eigenvalue weighted by atomic mass is 10.2. The number of hydrogen-bond donors (Lipinski definition) is 1. The van der Waals surface area contributed by atoms with Crippen LogP contribution in [0.5, 0.6) is 11.5 Å². The van der Waals surface area contributed by atoms with Crippen LogP contribution in [0.3, 0.4) is 0 Å². The van der Waals surface area contributed by atoms with E-state index in [4.69, 9.17) is 9.47 Å². The van der Waals surface area contributed by atoms with Crippen LogP contribution in [0, 0.1) is 0 Å². The molecule has 0 amide bonds. The van der Waals surface area contributed by atoms with Crippen LogP contribution in [0.2, 0.25) is 0 Å². The second kappa shape index (κ2) is 6.93. The maximum atomic E-state index is 12.3. The van der Waals surface area contributed by atoms with E-state index in [2.05, 4.69) is 31.9 Å². The first-order chi connectivity index (χ1) is 10.4. The molecule has 0 aliphatic heterocycles. The monoisotopic (exact) mass is 428 g/mol. The number of hydrogen-bond acceptors (Lipinski definition) is 4. The summed E-state index contributed by atoms with van der Waals surface area (Å²) in [5.74, 6) is -1.60. The van der Waals surface area contributed by atoms with Crippen molar-refractivity contribution < 1.29 is 24.2 Å². The quantitative estimate of drug-likeness (QED) is 0.584. The lowest BCUT2D eigenvalue weighted by Gasteiger charge is -2.10. The van der Waals surface area contributed by atoms with Gasteiger partial charge in [-0.25, -0.2) is 9.59 Å². The number of rotatable bonds is 4. The van der Waals surface area contributed by atoms with Gasteiger partial charge in [-0.1, -0.05) is 31.9 Å². The second-order valence-electron chi connectivity index (χ2n) is 4.18. The molecule has 0 bridgehead atoms. The number of esters is 1. The van der Waals surface area contributed by atoms with Gasteiger partial charge in [0.25, 0.3) is 0 Å². The summed E-state index contributed by atoms with van der Waals surface area (Å²) in [6, 6.07) is 9.24. The molecular weight excluding hydrogens is 420 g/mol. The van der Waals surface area contributed by atoms with Gasteiger partial charge in [-0.15, -0.1) is 0 Å². The molecule has 2 rings (SSSR count). The topological polar surface area (TPSA) is 72.8 Å². The number of carboxylic acids is 1. The summed E-state index contributed by atoms with van der Waals surface area (Å²) in [7, 11) is 1.43. The summed E-state index contributed by atoms with van der Waals surface area (Å²) in [6.07, 6.45) is 0. The number of carboxylic acid groups (broad SMARTS) is 1. The van der Waals surface area contributed by atoms with E-state index in [1.165, 1.54) is 19.2 Å². The van der Waals surface area contributed by atoms with Crippen molar-refractivity contribution in [1.29, 1.82) is 0 Å². The van der Waals surface area contributed by atoms with E-state index in [0.29, 0.717) is 14.7 Å². The van der Waals surface area contributed by atoms with Gasteiger partial charge in [0.15, 0.2) is 0 Å². The van der Waals surface area contributed by atoms with E-state index in [-0.39, 0.29) is 16.9 Å². The number of methoxy groups -OCH3 is 1. The van der Waals surface area contributed by atoms with Crippen molar-refractivity contribution in [2.24, 2.45) is 0 Å². The first kappa shape index (κ1) is 16.5. The molecule has 0 saturated carbocycles. The molecule has 0 saturated heterocycles. The highest BCUT2D eigenvalue weighted by molar-refractivity contribution is 9.10. The molecule has 5 nitrogen and oxygen atoms in total. The molecule has 0 unspecified atom stereocenters. The van der Waals surface area contributed by atoms with Crippen molar-refractivity contribution in [3.8, 4) is 11.5 Å². The molecule has 0 aliphatic carbocycles. The van der Waals surface area contributed by atoms with Crippen molar-refractivity contribution in [1.82, 2.24) is 0 Å². The van der Waals surface area contributed by atoms with E-state index >= 15 is 0 Å². The molecule has 7 heteroatoms. The van der Waals surface area contributed by atoms with Gasteiger partial charge in [0.2, 0.25) is 0 Å². The van der Waals surface area contributed by atoms with Gasteiger partial charge in [0.05, 0.1) is 7.11 Å². The van der Waals surface area contributed by atoms with Crippen molar-refractivity contribution in [3.63, 3.8) is 0 Å². The Morgan fingerprint density at radius 2 is 1.50 bits per heavy atom. The van der Waals surface area contributed by atoms with Crippen LogP contribution in [-0.2, 0) is 0 Å². The first-order valence-electron chi connectivity index (χ1n) is 6.01. The summed E-state index contributed by atoms with van der Waals surface area (Å²) in [5, 5.41) is 9.17. The fraction of sp³-hybridized carbons (Fsp3) is 0.0667. The maximum absolute atomic E-state index is 12.3. The molecule has 0 atom stereocenters. The molecule has 0 aliphatic rings. The molecule has 0 spiro atoms. The first-order valence-corrected chi connectivity index (χ1v) is 7.59. The lowest BCUT2D eigenvalue weighted by Crippen LogP contribution is -2.12. The van der Waals surface area contributed by atoms with E-state index < -0.39 is 11.9 Å². The second-order valence-corrected chi connectivity index (χ2v) is 6.01. The smallest absolute Gasteiger partial charge is 0.347 e. The predicted octanol–water partition coefficient (Wildman–Crippen LogP) is 4.14. The molecular formula is C15H10Br2O5. The highest BCUT2D eigenvalue weighted by Gasteiger charge is 2.19. The molecule has 2 aromatic carbocycles. The molecule has 2 aromatic rings.